The Kier molecular flexibility index (Phi) is 7.89. The summed E-state index contributed by atoms with van der Waals surface area (Å²) in [5, 5.41) is 4.62. The highest BCUT2D eigenvalue weighted by Crippen LogP contribution is 2.36. The first-order chi connectivity index (χ1) is 14.4. The quantitative estimate of drug-likeness (QED) is 0.579. The number of amides is 1. The molecule has 6 nitrogen and oxygen atoms in total. The molecule has 1 aliphatic carbocycles. The summed E-state index contributed by atoms with van der Waals surface area (Å²) in [7, 11) is 1.83. The van der Waals surface area contributed by atoms with Crippen LogP contribution in [0.15, 0.2) is 22.7 Å². The van der Waals surface area contributed by atoms with Gasteiger partial charge in [-0.15, -0.1) is 12.4 Å². The maximum Gasteiger partial charge on any atom is 0.259 e. The number of carbonyl (C=O) groups is 1. The zero-order valence-electron chi connectivity index (χ0n) is 18.4. The van der Waals surface area contributed by atoms with Crippen LogP contribution in [0.25, 0.3) is 0 Å². The van der Waals surface area contributed by atoms with Crippen LogP contribution < -0.4 is 4.74 Å². The van der Waals surface area contributed by atoms with E-state index < -0.39 is 0 Å². The SMILES string of the molecule is Cc1noc(C)c1C(=O)N(C)C[C@H]1C[C@H](Oc2cccc(CN3CCCC3)c2Cl)C1.Cl. The maximum atomic E-state index is 12.7. The van der Waals surface area contributed by atoms with Crippen LogP contribution in [0.2, 0.25) is 5.02 Å². The van der Waals surface area contributed by atoms with Gasteiger partial charge in [0, 0.05) is 20.1 Å². The van der Waals surface area contributed by atoms with Crippen molar-refractivity contribution >= 4 is 29.9 Å². The summed E-state index contributed by atoms with van der Waals surface area (Å²) in [5.74, 6) is 1.74. The average molecular weight is 468 g/mol. The Morgan fingerprint density at radius 2 is 2.00 bits per heavy atom. The largest absolute Gasteiger partial charge is 0.489 e. The minimum Gasteiger partial charge on any atom is -0.489 e. The van der Waals surface area contributed by atoms with Gasteiger partial charge in [0.15, 0.2) is 0 Å². The molecule has 1 amide bonds. The molecule has 0 N–H and O–H groups in total. The Hall–Kier alpha value is -1.76. The van der Waals surface area contributed by atoms with E-state index in [0.29, 0.717) is 29.5 Å². The number of halogens is 2. The van der Waals surface area contributed by atoms with Gasteiger partial charge in [0.05, 0.1) is 16.8 Å². The first kappa shape index (κ1) is 23.9. The molecule has 2 heterocycles. The van der Waals surface area contributed by atoms with Crippen molar-refractivity contribution in [2.24, 2.45) is 5.92 Å². The number of benzene rings is 1. The number of carbonyl (C=O) groups excluding carboxylic acids is 1. The molecule has 2 aliphatic rings. The van der Waals surface area contributed by atoms with Crippen LogP contribution in [0, 0.1) is 19.8 Å². The Bertz CT molecular complexity index is 886. The van der Waals surface area contributed by atoms with Gasteiger partial charge in [-0.05, 0) is 70.2 Å². The number of nitrogens with zero attached hydrogens (tertiary/aromatic N) is 3. The van der Waals surface area contributed by atoms with Crippen molar-refractivity contribution in [2.45, 2.75) is 52.2 Å². The minimum atomic E-state index is -0.0340. The fourth-order valence-corrected chi connectivity index (χ4v) is 4.73. The molecular formula is C23H31Cl2N3O3. The van der Waals surface area contributed by atoms with E-state index in [1.807, 2.05) is 19.2 Å². The van der Waals surface area contributed by atoms with E-state index in [0.717, 1.165) is 48.8 Å². The van der Waals surface area contributed by atoms with Crippen LogP contribution >= 0.6 is 24.0 Å². The van der Waals surface area contributed by atoms with Crippen molar-refractivity contribution in [3.8, 4) is 5.75 Å². The van der Waals surface area contributed by atoms with E-state index in [1.54, 1.807) is 18.7 Å². The molecule has 1 saturated carbocycles. The number of hydrogen-bond acceptors (Lipinski definition) is 5. The number of aryl methyl sites for hydroxylation is 2. The zero-order valence-corrected chi connectivity index (χ0v) is 20.0. The molecule has 0 radical (unpaired) electrons. The molecule has 2 aromatic rings. The normalized spacial score (nSPS) is 20.8. The average Bonchev–Trinajstić information content (AvgIpc) is 3.31. The lowest BCUT2D eigenvalue weighted by Gasteiger charge is -2.37. The zero-order chi connectivity index (χ0) is 21.3. The fraction of sp³-hybridized carbons (Fsp3) is 0.565. The molecule has 1 aliphatic heterocycles. The van der Waals surface area contributed by atoms with Gasteiger partial charge in [0.2, 0.25) is 0 Å². The van der Waals surface area contributed by atoms with Crippen LogP contribution in [-0.4, -0.2) is 53.6 Å². The van der Waals surface area contributed by atoms with Gasteiger partial charge in [-0.3, -0.25) is 9.69 Å². The van der Waals surface area contributed by atoms with Crippen LogP contribution in [0.5, 0.6) is 5.75 Å². The Labute approximate surface area is 195 Å². The lowest BCUT2D eigenvalue weighted by Crippen LogP contribution is -2.42. The van der Waals surface area contributed by atoms with Crippen LogP contribution in [0.3, 0.4) is 0 Å². The Morgan fingerprint density at radius 3 is 2.65 bits per heavy atom. The Balaban J connectivity index is 0.00000272. The third-order valence-electron chi connectivity index (χ3n) is 6.25. The van der Waals surface area contributed by atoms with E-state index in [4.69, 9.17) is 20.9 Å². The topological polar surface area (TPSA) is 58.8 Å². The van der Waals surface area contributed by atoms with Crippen molar-refractivity contribution in [2.75, 3.05) is 26.7 Å². The van der Waals surface area contributed by atoms with Gasteiger partial charge < -0.3 is 14.2 Å². The van der Waals surface area contributed by atoms with Gasteiger partial charge >= 0.3 is 0 Å². The van der Waals surface area contributed by atoms with Gasteiger partial charge in [0.25, 0.3) is 5.91 Å². The van der Waals surface area contributed by atoms with Gasteiger partial charge in [-0.1, -0.05) is 28.9 Å². The first-order valence-electron chi connectivity index (χ1n) is 10.8. The second-order valence-corrected chi connectivity index (χ2v) is 9.05. The molecule has 8 heteroatoms. The number of hydrogen-bond donors (Lipinski definition) is 0. The fourth-order valence-electron chi connectivity index (χ4n) is 4.50. The molecule has 0 spiro atoms. The molecular weight excluding hydrogens is 437 g/mol. The first-order valence-corrected chi connectivity index (χ1v) is 11.1. The van der Waals surface area contributed by atoms with Crippen molar-refractivity contribution < 1.29 is 14.1 Å². The molecule has 1 saturated heterocycles. The highest BCUT2D eigenvalue weighted by Gasteiger charge is 2.34. The summed E-state index contributed by atoms with van der Waals surface area (Å²) in [6.07, 6.45) is 4.53. The van der Waals surface area contributed by atoms with Crippen LogP contribution in [0.4, 0.5) is 0 Å². The lowest BCUT2D eigenvalue weighted by atomic mass is 9.82. The van der Waals surface area contributed by atoms with Crippen molar-refractivity contribution in [3.63, 3.8) is 0 Å². The predicted octanol–water partition coefficient (Wildman–Crippen LogP) is 4.89. The van der Waals surface area contributed by atoms with Crippen molar-refractivity contribution in [1.29, 1.82) is 0 Å². The molecule has 1 aromatic heterocycles. The molecule has 0 bridgehead atoms. The van der Waals surface area contributed by atoms with Gasteiger partial charge in [0.1, 0.15) is 17.1 Å². The van der Waals surface area contributed by atoms with E-state index >= 15 is 0 Å². The molecule has 0 atom stereocenters. The molecule has 1 aromatic carbocycles. The third-order valence-corrected chi connectivity index (χ3v) is 6.68. The molecule has 31 heavy (non-hydrogen) atoms. The van der Waals surface area contributed by atoms with Gasteiger partial charge in [-0.2, -0.15) is 0 Å². The highest BCUT2D eigenvalue weighted by atomic mass is 35.5. The number of ether oxygens (including phenoxy) is 1. The van der Waals surface area contributed by atoms with E-state index in [-0.39, 0.29) is 24.4 Å². The third kappa shape index (κ3) is 5.36. The van der Waals surface area contributed by atoms with E-state index in [1.165, 1.54) is 12.8 Å². The standard InChI is InChI=1S/C23H30ClN3O3.ClH/c1-15-21(16(2)30-25-15)23(28)26(3)13-17-11-19(12-17)29-20-8-6-7-18(22(20)24)14-27-9-4-5-10-27;/h6-8,17,19H,4-5,9-14H2,1-3H3;1H/t17-,19-;. The molecule has 2 fully saturated rings. The lowest BCUT2D eigenvalue weighted by molar-refractivity contribution is 0.0418. The van der Waals surface area contributed by atoms with Crippen molar-refractivity contribution in [3.05, 3.63) is 45.8 Å². The second kappa shape index (κ2) is 10.2. The summed E-state index contributed by atoms with van der Waals surface area (Å²) < 4.78 is 11.3. The van der Waals surface area contributed by atoms with Crippen LogP contribution in [-0.2, 0) is 6.54 Å². The van der Waals surface area contributed by atoms with Crippen molar-refractivity contribution in [1.82, 2.24) is 15.0 Å². The van der Waals surface area contributed by atoms with E-state index in [9.17, 15) is 4.79 Å². The summed E-state index contributed by atoms with van der Waals surface area (Å²) in [5.41, 5.74) is 2.35. The molecule has 170 valence electrons. The number of likely N-dealkylation sites (tertiary alicyclic amines) is 1. The molecule has 4 rings (SSSR count). The summed E-state index contributed by atoms with van der Waals surface area (Å²) in [6, 6.07) is 6.07. The minimum absolute atomic E-state index is 0. The van der Waals surface area contributed by atoms with E-state index in [2.05, 4.69) is 16.1 Å². The summed E-state index contributed by atoms with van der Waals surface area (Å²) >= 11 is 6.64. The summed E-state index contributed by atoms with van der Waals surface area (Å²) in [4.78, 5) is 16.9. The van der Waals surface area contributed by atoms with Crippen LogP contribution in [0.1, 0.15) is 53.1 Å². The number of rotatable bonds is 7. The monoisotopic (exact) mass is 467 g/mol. The second-order valence-electron chi connectivity index (χ2n) is 8.67. The van der Waals surface area contributed by atoms with Gasteiger partial charge in [-0.25, -0.2) is 0 Å². The number of aromatic nitrogens is 1. The smallest absolute Gasteiger partial charge is 0.259 e. The summed E-state index contributed by atoms with van der Waals surface area (Å²) in [6.45, 7) is 7.45. The predicted molar refractivity (Wildman–Crippen MR) is 123 cm³/mol. The Morgan fingerprint density at radius 1 is 1.29 bits per heavy atom. The molecule has 0 unspecified atom stereocenters. The maximum absolute atomic E-state index is 12.7. The highest BCUT2D eigenvalue weighted by molar-refractivity contribution is 6.32.